The smallest absolute Gasteiger partial charge is 0.198 e. The number of hydrogen-bond acceptors (Lipinski definition) is 10. The largest absolute Gasteiger partial charge is 0.399 e. The van der Waals surface area contributed by atoms with Gasteiger partial charge in [-0.25, -0.2) is 9.26 Å². The molecule has 3 rings (SSSR count). The molecule has 2 aromatic heterocycles. The second kappa shape index (κ2) is 5.54. The van der Waals surface area contributed by atoms with Crippen LogP contribution < -0.4 is 5.73 Å². The molecule has 0 fully saturated rings. The second-order valence-electron chi connectivity index (χ2n) is 6.03. The van der Waals surface area contributed by atoms with Crippen LogP contribution in [0.1, 0.15) is 29.7 Å². The Morgan fingerprint density at radius 3 is 2.08 bits per heavy atom. The van der Waals surface area contributed by atoms with E-state index in [1.54, 1.807) is 26.8 Å². The molecule has 1 atom stereocenters. The van der Waals surface area contributed by atoms with Crippen molar-refractivity contribution >= 4 is 5.57 Å². The summed E-state index contributed by atoms with van der Waals surface area (Å²) in [5, 5.41) is 44.5. The number of allylic oxidation sites excluding steroid dienone is 4. The monoisotopic (exact) mass is 348 g/mol. The summed E-state index contributed by atoms with van der Waals surface area (Å²) in [4.78, 5) is 0. The van der Waals surface area contributed by atoms with Crippen molar-refractivity contribution in [1.29, 1.82) is 15.8 Å². The summed E-state index contributed by atoms with van der Waals surface area (Å²) in [6, 6.07) is 5.87. The lowest BCUT2D eigenvalue weighted by Crippen LogP contribution is -2.47. The van der Waals surface area contributed by atoms with E-state index in [0.29, 0.717) is 17.0 Å². The summed E-state index contributed by atoms with van der Waals surface area (Å²) in [5.41, 5.74) is 4.35. The fraction of sp³-hybridized carbons (Fsp3) is 0.312. The predicted octanol–water partition coefficient (Wildman–Crippen LogP) is 1.19. The number of nitriles is 3. The molecule has 2 heterocycles. The molecule has 10 heteroatoms. The summed E-state index contributed by atoms with van der Waals surface area (Å²) in [7, 11) is 0. The van der Waals surface area contributed by atoms with Gasteiger partial charge in [-0.05, 0) is 25.9 Å². The minimum Gasteiger partial charge on any atom is -0.399 e. The molecule has 0 spiro atoms. The zero-order chi connectivity index (χ0) is 19.1. The fourth-order valence-electron chi connectivity index (χ4n) is 3.19. The molecule has 1 aliphatic rings. The van der Waals surface area contributed by atoms with Crippen molar-refractivity contribution in [2.75, 3.05) is 0 Å². The summed E-state index contributed by atoms with van der Waals surface area (Å²) in [5.74, 6) is 0. The fourth-order valence-corrected chi connectivity index (χ4v) is 3.19. The Labute approximate surface area is 147 Å². The number of aromatic nitrogens is 4. The van der Waals surface area contributed by atoms with Crippen LogP contribution in [0.3, 0.4) is 0 Å². The van der Waals surface area contributed by atoms with Crippen molar-refractivity contribution in [3.05, 3.63) is 40.1 Å². The van der Waals surface area contributed by atoms with Gasteiger partial charge in [-0.2, -0.15) is 15.8 Å². The van der Waals surface area contributed by atoms with E-state index >= 15 is 0 Å². The van der Waals surface area contributed by atoms with Crippen LogP contribution in [-0.4, -0.2) is 20.6 Å². The highest BCUT2D eigenvalue weighted by molar-refractivity contribution is 5.87. The van der Waals surface area contributed by atoms with E-state index in [1.807, 2.05) is 18.2 Å². The Kier molecular flexibility index (Phi) is 3.59. The van der Waals surface area contributed by atoms with E-state index < -0.39 is 10.8 Å². The number of aryl methyl sites for hydroxylation is 2. The molecule has 0 saturated heterocycles. The Morgan fingerprint density at radius 1 is 1.00 bits per heavy atom. The van der Waals surface area contributed by atoms with Gasteiger partial charge in [0.15, 0.2) is 5.41 Å². The first-order valence-electron chi connectivity index (χ1n) is 7.41. The molecule has 0 radical (unpaired) electrons. The van der Waals surface area contributed by atoms with E-state index in [1.165, 1.54) is 0 Å². The number of hydrogen-bond donors (Lipinski definition) is 1. The van der Waals surface area contributed by atoms with Crippen LogP contribution in [0.2, 0.25) is 0 Å². The minimum atomic E-state index is -1.89. The summed E-state index contributed by atoms with van der Waals surface area (Å²) in [6.07, 6.45) is 1.55. The maximum Gasteiger partial charge on any atom is 0.198 e. The van der Waals surface area contributed by atoms with E-state index in [-0.39, 0.29) is 22.7 Å². The highest BCUT2D eigenvalue weighted by Crippen LogP contribution is 2.52. The van der Waals surface area contributed by atoms with Crippen LogP contribution in [0.15, 0.2) is 26.6 Å². The Hall–Kier alpha value is -3.97. The van der Waals surface area contributed by atoms with E-state index in [9.17, 15) is 15.8 Å². The molecular weight excluding hydrogens is 336 g/mol. The molecule has 0 amide bonds. The van der Waals surface area contributed by atoms with Crippen molar-refractivity contribution in [2.45, 2.75) is 26.2 Å². The maximum absolute atomic E-state index is 9.87. The van der Waals surface area contributed by atoms with E-state index in [2.05, 4.69) is 20.6 Å². The van der Waals surface area contributed by atoms with Crippen molar-refractivity contribution in [3.8, 4) is 18.2 Å². The highest BCUT2D eigenvalue weighted by Gasteiger charge is 2.58. The van der Waals surface area contributed by atoms with E-state index in [0.717, 1.165) is 0 Å². The quantitative estimate of drug-likeness (QED) is 0.829. The van der Waals surface area contributed by atoms with Gasteiger partial charge in [0, 0.05) is 5.57 Å². The van der Waals surface area contributed by atoms with Gasteiger partial charge in [0.1, 0.15) is 28.8 Å². The molecule has 0 unspecified atom stereocenters. The molecule has 0 saturated carbocycles. The van der Waals surface area contributed by atoms with Gasteiger partial charge in [0.25, 0.3) is 0 Å². The normalized spacial score (nSPS) is 21.5. The number of nitrogens with zero attached hydrogens (tertiary/aromatic N) is 7. The van der Waals surface area contributed by atoms with Crippen LogP contribution in [0.5, 0.6) is 0 Å². The second-order valence-corrected chi connectivity index (χ2v) is 6.03. The van der Waals surface area contributed by atoms with Crippen LogP contribution in [0.25, 0.3) is 5.57 Å². The molecule has 26 heavy (non-hydrogen) atoms. The summed E-state index contributed by atoms with van der Waals surface area (Å²) in [6.45, 7) is 4.89. The first-order chi connectivity index (χ1) is 12.4. The van der Waals surface area contributed by atoms with Gasteiger partial charge < -0.3 is 5.73 Å². The van der Waals surface area contributed by atoms with Gasteiger partial charge in [-0.1, -0.05) is 21.5 Å². The minimum absolute atomic E-state index is 0.0431. The van der Waals surface area contributed by atoms with Crippen molar-refractivity contribution in [2.24, 2.45) is 11.1 Å². The zero-order valence-corrected chi connectivity index (χ0v) is 14.1. The lowest BCUT2D eigenvalue weighted by molar-refractivity contribution is 0.285. The Balaban J connectivity index is 2.45. The molecule has 2 aromatic rings. The Bertz CT molecular complexity index is 1070. The van der Waals surface area contributed by atoms with Crippen LogP contribution in [0, 0.1) is 53.3 Å². The highest BCUT2D eigenvalue weighted by atomic mass is 16.6. The molecule has 2 N–H and O–H groups in total. The predicted molar refractivity (Wildman–Crippen MR) is 83.9 cm³/mol. The van der Waals surface area contributed by atoms with E-state index in [4.69, 9.17) is 15.0 Å². The molecule has 128 valence electrons. The first-order valence-corrected chi connectivity index (χ1v) is 7.41. The maximum atomic E-state index is 9.87. The number of rotatable bonds is 2. The standard InChI is InChI=1S/C16H12N8O2/c1-8-12(23-25-21-8)10-4-15(3,14-9(2)22-26-24-14)16(6-18,7-19)13(20)11(10)5-17/h4H,20H2,1-3H3/t15-/m0/s1. The average Bonchev–Trinajstić information content (AvgIpc) is 3.24. The van der Waals surface area contributed by atoms with Gasteiger partial charge in [0.05, 0.1) is 28.8 Å². The van der Waals surface area contributed by atoms with Crippen LogP contribution in [0.4, 0.5) is 0 Å². The molecular formula is C16H12N8O2. The van der Waals surface area contributed by atoms with Gasteiger partial charge in [0.2, 0.25) is 0 Å². The van der Waals surface area contributed by atoms with Crippen molar-refractivity contribution in [3.63, 3.8) is 0 Å². The van der Waals surface area contributed by atoms with Crippen molar-refractivity contribution < 1.29 is 9.26 Å². The number of nitrogens with two attached hydrogens (primary N) is 1. The lowest BCUT2D eigenvalue weighted by Gasteiger charge is -2.40. The Morgan fingerprint density at radius 2 is 1.62 bits per heavy atom. The first kappa shape index (κ1) is 16.9. The third-order valence-corrected chi connectivity index (χ3v) is 4.65. The third kappa shape index (κ3) is 1.89. The zero-order valence-electron chi connectivity index (χ0n) is 14.1. The summed E-state index contributed by atoms with van der Waals surface area (Å²) < 4.78 is 9.49. The SMILES string of the molecule is Cc1nonc1C1=C[C@@](C)(c2nonc2C)C(C#N)(C#N)C(N)=C1C#N. The topological polar surface area (TPSA) is 175 Å². The van der Waals surface area contributed by atoms with Crippen LogP contribution in [-0.2, 0) is 5.41 Å². The molecule has 10 nitrogen and oxygen atoms in total. The average molecular weight is 348 g/mol. The summed E-state index contributed by atoms with van der Waals surface area (Å²) >= 11 is 0. The van der Waals surface area contributed by atoms with Gasteiger partial charge >= 0.3 is 0 Å². The van der Waals surface area contributed by atoms with Crippen LogP contribution >= 0.6 is 0 Å². The molecule has 0 bridgehead atoms. The molecule has 0 aliphatic heterocycles. The lowest BCUT2D eigenvalue weighted by atomic mass is 9.57. The van der Waals surface area contributed by atoms with Gasteiger partial charge in [-0.3, -0.25) is 0 Å². The van der Waals surface area contributed by atoms with Gasteiger partial charge in [-0.15, -0.1) is 0 Å². The third-order valence-electron chi connectivity index (χ3n) is 4.65. The van der Waals surface area contributed by atoms with Crippen molar-refractivity contribution in [1.82, 2.24) is 20.6 Å². The molecule has 1 aliphatic carbocycles. The molecule has 0 aromatic carbocycles.